The summed E-state index contributed by atoms with van der Waals surface area (Å²) in [4.78, 5) is 9.62. The van der Waals surface area contributed by atoms with Crippen LogP contribution in [-0.2, 0) is 13.1 Å². The van der Waals surface area contributed by atoms with Gasteiger partial charge in [0.2, 0.25) is 0 Å². The van der Waals surface area contributed by atoms with E-state index in [1.54, 1.807) is 0 Å². The summed E-state index contributed by atoms with van der Waals surface area (Å²) in [6.07, 6.45) is 3.94. The number of pyridine rings is 2. The summed E-state index contributed by atoms with van der Waals surface area (Å²) in [6.45, 7) is 6.84. The van der Waals surface area contributed by atoms with E-state index >= 15 is 0 Å². The summed E-state index contributed by atoms with van der Waals surface area (Å²) in [5.74, 6) is 1.35. The van der Waals surface area contributed by atoms with E-state index in [1.807, 2.05) is 45.7 Å². The van der Waals surface area contributed by atoms with Gasteiger partial charge in [-0.05, 0) is 59.4 Å². The number of aliphatic hydroxyl groups excluding tert-OH is 2. The third-order valence-electron chi connectivity index (χ3n) is 7.46. The number of hydrogen-bond acceptors (Lipinski definition) is 8. The van der Waals surface area contributed by atoms with Crippen LogP contribution in [-0.4, -0.2) is 65.7 Å². The Morgan fingerprint density at radius 3 is 1.45 bits per heavy atom. The molecule has 4 aromatic heterocycles. The fourth-order valence-electron chi connectivity index (χ4n) is 5.25. The van der Waals surface area contributed by atoms with Gasteiger partial charge in [-0.2, -0.15) is 0 Å². The molecular formula is C32H34N8O2. The number of nitrogens with one attached hydrogen (secondary N) is 2. The first-order valence-corrected chi connectivity index (χ1v) is 14.1. The van der Waals surface area contributed by atoms with E-state index < -0.39 is 0 Å². The molecule has 6 rings (SSSR count). The van der Waals surface area contributed by atoms with Crippen LogP contribution in [0, 0.1) is 13.8 Å². The monoisotopic (exact) mass is 562 g/mol. The average molecular weight is 563 g/mol. The molecule has 6 aromatic rings. The lowest BCUT2D eigenvalue weighted by molar-refractivity contribution is 0.291. The van der Waals surface area contributed by atoms with Crippen LogP contribution < -0.4 is 10.6 Å². The fraction of sp³-hybridized carbons (Fsp3) is 0.250. The molecule has 10 heteroatoms. The van der Waals surface area contributed by atoms with E-state index in [2.05, 4.69) is 60.9 Å². The van der Waals surface area contributed by atoms with Crippen molar-refractivity contribution < 1.29 is 10.2 Å². The van der Waals surface area contributed by atoms with Gasteiger partial charge < -0.3 is 20.8 Å². The molecule has 0 spiro atoms. The number of fused-ring (bicyclic) bond motifs is 2. The van der Waals surface area contributed by atoms with Crippen LogP contribution in [0.2, 0.25) is 0 Å². The third-order valence-corrected chi connectivity index (χ3v) is 7.46. The molecule has 0 saturated carbocycles. The number of nitrogens with zero attached hydrogens (tertiary/aromatic N) is 6. The SMILES string of the molecule is Cc1c(-c2nc3ccc(CNCCO)cn3n2)cccc1-c1cccc(-c2nc3ccc(CNCCO)cn3n2)c1C. The van der Waals surface area contributed by atoms with Crippen LogP contribution in [0.15, 0.2) is 73.1 Å². The van der Waals surface area contributed by atoms with Crippen molar-refractivity contribution in [3.05, 3.63) is 95.3 Å². The number of hydrogen-bond donors (Lipinski definition) is 4. The second kappa shape index (κ2) is 12.2. The van der Waals surface area contributed by atoms with Crippen LogP contribution in [0.5, 0.6) is 0 Å². The molecule has 4 N–H and O–H groups in total. The molecule has 0 unspecified atom stereocenters. The molecule has 0 aliphatic rings. The van der Waals surface area contributed by atoms with E-state index in [0.717, 1.165) is 55.8 Å². The summed E-state index contributed by atoms with van der Waals surface area (Å²) < 4.78 is 3.62. The minimum absolute atomic E-state index is 0.106. The van der Waals surface area contributed by atoms with E-state index in [9.17, 15) is 0 Å². The van der Waals surface area contributed by atoms with Crippen molar-refractivity contribution in [1.82, 2.24) is 39.8 Å². The van der Waals surface area contributed by atoms with Gasteiger partial charge in [0.15, 0.2) is 22.9 Å². The summed E-state index contributed by atoms with van der Waals surface area (Å²) in [7, 11) is 0. The smallest absolute Gasteiger partial charge is 0.182 e. The van der Waals surface area contributed by atoms with E-state index in [1.165, 1.54) is 0 Å². The first kappa shape index (κ1) is 27.7. The van der Waals surface area contributed by atoms with Gasteiger partial charge in [0.25, 0.3) is 0 Å². The van der Waals surface area contributed by atoms with E-state index in [4.69, 9.17) is 30.4 Å². The van der Waals surface area contributed by atoms with Gasteiger partial charge in [0.1, 0.15) is 0 Å². The molecule has 0 bridgehead atoms. The fourth-order valence-corrected chi connectivity index (χ4v) is 5.25. The second-order valence-corrected chi connectivity index (χ2v) is 10.3. The van der Waals surface area contributed by atoms with Crippen molar-refractivity contribution >= 4 is 11.3 Å². The molecule has 0 amide bonds. The molecule has 0 saturated heterocycles. The summed E-state index contributed by atoms with van der Waals surface area (Å²) in [5.41, 5.74) is 10.1. The van der Waals surface area contributed by atoms with Crippen molar-refractivity contribution in [2.24, 2.45) is 0 Å². The number of rotatable bonds is 11. The minimum Gasteiger partial charge on any atom is -0.395 e. The number of benzene rings is 2. The van der Waals surface area contributed by atoms with Gasteiger partial charge in [-0.1, -0.05) is 48.5 Å². The van der Waals surface area contributed by atoms with Gasteiger partial charge in [-0.15, -0.1) is 10.2 Å². The maximum absolute atomic E-state index is 9.03. The Kier molecular flexibility index (Phi) is 8.02. The van der Waals surface area contributed by atoms with Crippen LogP contribution in [0.1, 0.15) is 22.3 Å². The predicted molar refractivity (Wildman–Crippen MR) is 163 cm³/mol. The highest BCUT2D eigenvalue weighted by atomic mass is 16.3. The van der Waals surface area contributed by atoms with Crippen molar-refractivity contribution in [2.75, 3.05) is 26.3 Å². The molecule has 42 heavy (non-hydrogen) atoms. The molecular weight excluding hydrogens is 528 g/mol. The lowest BCUT2D eigenvalue weighted by atomic mass is 9.91. The molecule has 4 heterocycles. The van der Waals surface area contributed by atoms with Crippen LogP contribution in [0.4, 0.5) is 0 Å². The summed E-state index contributed by atoms with van der Waals surface area (Å²) in [5, 5.41) is 34.1. The zero-order chi connectivity index (χ0) is 29.1. The largest absolute Gasteiger partial charge is 0.395 e. The molecule has 214 valence electrons. The minimum atomic E-state index is 0.106. The lowest BCUT2D eigenvalue weighted by Gasteiger charge is -2.14. The number of aliphatic hydroxyl groups is 2. The van der Waals surface area contributed by atoms with E-state index in [-0.39, 0.29) is 13.2 Å². The number of aromatic nitrogens is 6. The Morgan fingerprint density at radius 1 is 0.595 bits per heavy atom. The van der Waals surface area contributed by atoms with Gasteiger partial charge >= 0.3 is 0 Å². The van der Waals surface area contributed by atoms with E-state index in [0.29, 0.717) is 37.8 Å². The predicted octanol–water partition coefficient (Wildman–Crippen LogP) is 3.55. The highest BCUT2D eigenvalue weighted by Gasteiger charge is 2.17. The van der Waals surface area contributed by atoms with Gasteiger partial charge in [0.05, 0.1) is 13.2 Å². The van der Waals surface area contributed by atoms with Crippen molar-refractivity contribution in [3.63, 3.8) is 0 Å². The molecule has 0 aliphatic heterocycles. The lowest BCUT2D eigenvalue weighted by Crippen LogP contribution is -2.17. The van der Waals surface area contributed by atoms with Crippen molar-refractivity contribution in [2.45, 2.75) is 26.9 Å². The maximum Gasteiger partial charge on any atom is 0.182 e. The summed E-state index contributed by atoms with van der Waals surface area (Å²) in [6, 6.07) is 20.5. The van der Waals surface area contributed by atoms with Gasteiger partial charge in [0, 0.05) is 49.7 Å². The van der Waals surface area contributed by atoms with Crippen LogP contribution in [0.25, 0.3) is 45.2 Å². The molecule has 0 atom stereocenters. The normalized spacial score (nSPS) is 11.6. The Labute approximate surface area is 243 Å². The highest BCUT2D eigenvalue weighted by molar-refractivity contribution is 5.81. The Hall–Kier alpha value is -4.48. The molecule has 0 radical (unpaired) electrons. The molecule has 0 fully saturated rings. The van der Waals surface area contributed by atoms with Crippen LogP contribution >= 0.6 is 0 Å². The van der Waals surface area contributed by atoms with Crippen molar-refractivity contribution in [1.29, 1.82) is 0 Å². The second-order valence-electron chi connectivity index (χ2n) is 10.3. The average Bonchev–Trinajstić information content (AvgIpc) is 3.61. The Morgan fingerprint density at radius 2 is 1.02 bits per heavy atom. The van der Waals surface area contributed by atoms with Crippen LogP contribution in [0.3, 0.4) is 0 Å². The van der Waals surface area contributed by atoms with Gasteiger partial charge in [-0.25, -0.2) is 19.0 Å². The first-order valence-electron chi connectivity index (χ1n) is 14.1. The highest BCUT2D eigenvalue weighted by Crippen LogP contribution is 2.35. The molecule has 10 nitrogen and oxygen atoms in total. The molecule has 0 aliphatic carbocycles. The Balaban J connectivity index is 1.32. The quantitative estimate of drug-likeness (QED) is 0.177. The standard InChI is InChI=1S/C32H34N8O2/c1-21-25(5-3-7-27(21)31-35-29-11-9-23(17-33-13-15-41)19-39(29)37-31)26-6-4-8-28(22(26)2)32-36-30-12-10-24(18-34-14-16-42)20-40(30)38-32/h3-12,19-20,33-34,41-42H,13-18H2,1-2H3. The topological polar surface area (TPSA) is 125 Å². The summed E-state index contributed by atoms with van der Waals surface area (Å²) >= 11 is 0. The maximum atomic E-state index is 9.03. The first-order chi connectivity index (χ1) is 20.6. The third kappa shape index (κ3) is 5.53. The van der Waals surface area contributed by atoms with Crippen molar-refractivity contribution in [3.8, 4) is 33.9 Å². The zero-order valence-corrected chi connectivity index (χ0v) is 23.7. The van der Waals surface area contributed by atoms with Gasteiger partial charge in [-0.3, -0.25) is 0 Å². The molecule has 2 aromatic carbocycles. The zero-order valence-electron chi connectivity index (χ0n) is 23.7. The Bertz CT molecular complexity index is 1720.